The largest absolute Gasteiger partial charge is 0.493 e. The second-order valence-corrected chi connectivity index (χ2v) is 11.2. The number of hydrogen-bond acceptors (Lipinski definition) is 9. The maximum Gasteiger partial charge on any atom is 0.285 e. The van der Waals surface area contributed by atoms with Crippen LogP contribution in [0.25, 0.3) is 33.5 Å². The monoisotopic (exact) mass is 673 g/mol. The van der Waals surface area contributed by atoms with Gasteiger partial charge in [0.05, 0.1) is 36.3 Å². The Morgan fingerprint density at radius 3 is 2.24 bits per heavy atom. The molecule has 12 heteroatoms. The molecule has 0 atom stereocenters. The summed E-state index contributed by atoms with van der Waals surface area (Å²) in [5, 5.41) is 6.42. The number of carbonyl (C=O) groups is 2. The summed E-state index contributed by atoms with van der Waals surface area (Å²) in [6.45, 7) is 1.19. The molecular formula is C38H32FN5O6. The number of rotatable bonds is 12. The molecule has 11 nitrogen and oxygen atoms in total. The van der Waals surface area contributed by atoms with E-state index in [-0.39, 0.29) is 50.7 Å². The van der Waals surface area contributed by atoms with Crippen LogP contribution in [0.3, 0.4) is 0 Å². The van der Waals surface area contributed by atoms with Gasteiger partial charge in [0.25, 0.3) is 11.8 Å². The van der Waals surface area contributed by atoms with Crippen LogP contribution in [-0.2, 0) is 13.0 Å². The standard InChI is InChI=1S/C38H32FN5O6/c1-48-31-17-27(33-34(45)26-8-4-6-10-30(26)50-35(33)36(40)46)28(18-32(31)49-2)38(47)44-24-13-11-22(12-14-24)15-16-41-19-23-20-42-37(43-21-23)25-7-3-5-9-29(25)39/h3-14,17-18,20-21,41H,15-16,19H2,1-2H3,(H2,40,46)(H,44,47). The number of primary amides is 1. The number of carbonyl (C=O) groups excluding carboxylic acids is 2. The van der Waals surface area contributed by atoms with E-state index in [4.69, 9.17) is 19.6 Å². The Labute approximate surface area is 285 Å². The summed E-state index contributed by atoms with van der Waals surface area (Å²) in [4.78, 5) is 48.6. The molecule has 4 N–H and O–H groups in total. The average molecular weight is 674 g/mol. The fourth-order valence-electron chi connectivity index (χ4n) is 5.48. The zero-order valence-corrected chi connectivity index (χ0v) is 27.2. The number of para-hydroxylation sites is 1. The zero-order chi connectivity index (χ0) is 35.2. The molecule has 0 aliphatic heterocycles. The van der Waals surface area contributed by atoms with Gasteiger partial charge in [0, 0.05) is 35.8 Å². The molecule has 4 aromatic carbocycles. The summed E-state index contributed by atoms with van der Waals surface area (Å²) >= 11 is 0. The number of halogens is 1. The van der Waals surface area contributed by atoms with Crippen LogP contribution in [0.15, 0.2) is 107 Å². The summed E-state index contributed by atoms with van der Waals surface area (Å²) in [6, 6.07) is 23.0. The van der Waals surface area contributed by atoms with Gasteiger partial charge < -0.3 is 30.3 Å². The van der Waals surface area contributed by atoms with Gasteiger partial charge >= 0.3 is 0 Å². The molecule has 6 aromatic rings. The van der Waals surface area contributed by atoms with E-state index in [1.807, 2.05) is 12.1 Å². The molecule has 2 heterocycles. The van der Waals surface area contributed by atoms with E-state index in [2.05, 4.69) is 20.6 Å². The highest BCUT2D eigenvalue weighted by atomic mass is 19.1. The van der Waals surface area contributed by atoms with Crippen LogP contribution < -0.4 is 31.3 Å². The predicted molar refractivity (Wildman–Crippen MR) is 187 cm³/mol. The first-order valence-corrected chi connectivity index (χ1v) is 15.6. The van der Waals surface area contributed by atoms with Crippen molar-refractivity contribution in [2.45, 2.75) is 13.0 Å². The van der Waals surface area contributed by atoms with Crippen molar-refractivity contribution in [1.29, 1.82) is 0 Å². The van der Waals surface area contributed by atoms with E-state index in [0.717, 1.165) is 11.1 Å². The van der Waals surface area contributed by atoms with E-state index in [9.17, 15) is 18.8 Å². The lowest BCUT2D eigenvalue weighted by Gasteiger charge is -2.16. The first kappa shape index (κ1) is 33.5. The summed E-state index contributed by atoms with van der Waals surface area (Å²) in [5.74, 6) is -1.50. The van der Waals surface area contributed by atoms with Gasteiger partial charge in [-0.1, -0.05) is 36.4 Å². The molecular weight excluding hydrogens is 641 g/mol. The number of hydrogen-bond donors (Lipinski definition) is 3. The minimum atomic E-state index is -0.972. The third-order valence-corrected chi connectivity index (χ3v) is 8.01. The molecule has 0 spiro atoms. The van der Waals surface area contributed by atoms with Gasteiger partial charge in [0.1, 0.15) is 11.4 Å². The molecule has 2 amide bonds. The van der Waals surface area contributed by atoms with Gasteiger partial charge in [0.2, 0.25) is 11.2 Å². The van der Waals surface area contributed by atoms with E-state index in [1.165, 1.54) is 32.4 Å². The van der Waals surface area contributed by atoms with Crippen molar-refractivity contribution >= 4 is 28.5 Å². The molecule has 0 radical (unpaired) electrons. The molecule has 0 aliphatic rings. The van der Waals surface area contributed by atoms with Gasteiger partial charge in [-0.2, -0.15) is 0 Å². The topological polar surface area (TPSA) is 159 Å². The lowest BCUT2D eigenvalue weighted by atomic mass is 9.95. The second kappa shape index (κ2) is 14.8. The predicted octanol–water partition coefficient (Wildman–Crippen LogP) is 5.76. The number of amides is 2. The minimum absolute atomic E-state index is 0.0342. The third kappa shape index (κ3) is 7.05. The third-order valence-electron chi connectivity index (χ3n) is 8.01. The number of benzene rings is 4. The molecule has 252 valence electrons. The Balaban J connectivity index is 1.16. The number of nitrogens with two attached hydrogens (primary N) is 1. The molecule has 6 rings (SSSR count). The van der Waals surface area contributed by atoms with Crippen molar-refractivity contribution in [2.75, 3.05) is 26.1 Å². The first-order valence-electron chi connectivity index (χ1n) is 15.6. The fraction of sp³-hybridized carbons (Fsp3) is 0.132. The number of nitrogens with zero attached hydrogens (tertiary/aromatic N) is 2. The highest BCUT2D eigenvalue weighted by Gasteiger charge is 2.26. The quantitative estimate of drug-likeness (QED) is 0.137. The number of nitrogens with one attached hydrogen (secondary N) is 2. The van der Waals surface area contributed by atoms with Crippen molar-refractivity contribution in [2.24, 2.45) is 5.73 Å². The number of anilines is 1. The first-order chi connectivity index (χ1) is 24.3. The van der Waals surface area contributed by atoms with E-state index < -0.39 is 17.2 Å². The van der Waals surface area contributed by atoms with Gasteiger partial charge in [-0.3, -0.25) is 14.4 Å². The smallest absolute Gasteiger partial charge is 0.285 e. The molecule has 50 heavy (non-hydrogen) atoms. The van der Waals surface area contributed by atoms with Gasteiger partial charge in [0.15, 0.2) is 17.3 Å². The van der Waals surface area contributed by atoms with E-state index in [1.54, 1.807) is 67.0 Å². The summed E-state index contributed by atoms with van der Waals surface area (Å²) in [5.41, 5.74) is 7.99. The minimum Gasteiger partial charge on any atom is -0.493 e. The molecule has 0 saturated carbocycles. The van der Waals surface area contributed by atoms with Crippen molar-refractivity contribution < 1.29 is 27.9 Å². The zero-order valence-electron chi connectivity index (χ0n) is 27.2. The van der Waals surface area contributed by atoms with Gasteiger partial charge in [-0.05, 0) is 67.1 Å². The van der Waals surface area contributed by atoms with Crippen LogP contribution >= 0.6 is 0 Å². The van der Waals surface area contributed by atoms with Crippen LogP contribution in [-0.4, -0.2) is 42.5 Å². The van der Waals surface area contributed by atoms with Crippen LogP contribution in [0, 0.1) is 5.82 Å². The normalized spacial score (nSPS) is 10.9. The van der Waals surface area contributed by atoms with Crippen molar-refractivity contribution in [1.82, 2.24) is 15.3 Å². The highest BCUT2D eigenvalue weighted by molar-refractivity contribution is 6.11. The number of aromatic nitrogens is 2. The molecule has 0 unspecified atom stereocenters. The Hall–Kier alpha value is -6.40. The second-order valence-electron chi connectivity index (χ2n) is 11.2. The van der Waals surface area contributed by atoms with Crippen LogP contribution in [0.4, 0.5) is 10.1 Å². The van der Waals surface area contributed by atoms with E-state index >= 15 is 0 Å². The summed E-state index contributed by atoms with van der Waals surface area (Å²) < 4.78 is 30.7. The van der Waals surface area contributed by atoms with Crippen molar-refractivity contribution in [3.8, 4) is 34.0 Å². The maximum absolute atomic E-state index is 14.0. The molecule has 0 bridgehead atoms. The fourth-order valence-corrected chi connectivity index (χ4v) is 5.48. The average Bonchev–Trinajstić information content (AvgIpc) is 3.14. The Morgan fingerprint density at radius 2 is 1.54 bits per heavy atom. The molecule has 2 aromatic heterocycles. The SMILES string of the molecule is COc1cc(C(=O)Nc2ccc(CCNCc3cnc(-c4ccccc4F)nc3)cc2)c(-c2c(C(N)=O)oc3ccccc3c2=O)cc1OC. The van der Waals surface area contributed by atoms with E-state index in [0.29, 0.717) is 36.6 Å². The van der Waals surface area contributed by atoms with Crippen LogP contribution in [0.2, 0.25) is 0 Å². The Morgan fingerprint density at radius 1 is 0.860 bits per heavy atom. The number of fused-ring (bicyclic) bond motifs is 1. The Kier molecular flexibility index (Phi) is 9.91. The lowest BCUT2D eigenvalue weighted by molar-refractivity contribution is 0.0973. The van der Waals surface area contributed by atoms with Crippen LogP contribution in [0.5, 0.6) is 11.5 Å². The summed E-state index contributed by atoms with van der Waals surface area (Å²) in [7, 11) is 2.83. The highest BCUT2D eigenvalue weighted by Crippen LogP contribution is 2.37. The molecule has 0 fully saturated rings. The number of methoxy groups -OCH3 is 2. The van der Waals surface area contributed by atoms with Crippen molar-refractivity contribution in [3.05, 3.63) is 136 Å². The van der Waals surface area contributed by atoms with Crippen LogP contribution in [0.1, 0.15) is 32.0 Å². The van der Waals surface area contributed by atoms with Gasteiger partial charge in [-0.15, -0.1) is 0 Å². The number of ether oxygens (including phenoxy) is 2. The summed E-state index contributed by atoms with van der Waals surface area (Å²) in [6.07, 6.45) is 4.05. The Bertz CT molecular complexity index is 2260. The molecule has 0 aliphatic carbocycles. The van der Waals surface area contributed by atoms with Crippen molar-refractivity contribution in [3.63, 3.8) is 0 Å². The lowest BCUT2D eigenvalue weighted by Crippen LogP contribution is -2.21. The maximum atomic E-state index is 14.0. The molecule has 0 saturated heterocycles. The van der Waals surface area contributed by atoms with Gasteiger partial charge in [-0.25, -0.2) is 14.4 Å².